The number of sulfonamides is 1. The van der Waals surface area contributed by atoms with E-state index in [0.29, 0.717) is 35.3 Å². The quantitative estimate of drug-likeness (QED) is 0.621. The van der Waals surface area contributed by atoms with Crippen LogP contribution in [0.1, 0.15) is 34.0 Å². The average molecular weight is 442 g/mol. The van der Waals surface area contributed by atoms with Gasteiger partial charge in [-0.25, -0.2) is 12.8 Å². The van der Waals surface area contributed by atoms with Crippen LogP contribution in [0.15, 0.2) is 53.4 Å². The summed E-state index contributed by atoms with van der Waals surface area (Å²) in [6, 6.07) is 13.2. The SMILES string of the molecule is Cc1ccc(S(=O)(=O)N2CCC(c3cc(C(=O)N(C)C)c4ccccc4n3)C2)cc1F. The minimum Gasteiger partial charge on any atom is -0.345 e. The predicted octanol–water partition coefficient (Wildman–Crippen LogP) is 3.56. The van der Waals surface area contributed by atoms with Crippen LogP contribution in [-0.2, 0) is 10.0 Å². The Morgan fingerprint density at radius 2 is 1.90 bits per heavy atom. The maximum absolute atomic E-state index is 13.9. The van der Waals surface area contributed by atoms with Crippen molar-refractivity contribution in [2.75, 3.05) is 27.2 Å². The maximum atomic E-state index is 13.9. The normalized spacial score (nSPS) is 17.2. The molecule has 4 rings (SSSR count). The molecule has 3 aromatic rings. The van der Waals surface area contributed by atoms with E-state index >= 15 is 0 Å². The molecule has 0 radical (unpaired) electrons. The number of rotatable bonds is 4. The van der Waals surface area contributed by atoms with E-state index in [9.17, 15) is 17.6 Å². The second-order valence-corrected chi connectivity index (χ2v) is 10.0. The van der Waals surface area contributed by atoms with E-state index in [-0.39, 0.29) is 23.3 Å². The number of nitrogens with zero attached hydrogens (tertiary/aromatic N) is 3. The zero-order valence-corrected chi connectivity index (χ0v) is 18.5. The van der Waals surface area contributed by atoms with Crippen molar-refractivity contribution in [3.8, 4) is 0 Å². The highest BCUT2D eigenvalue weighted by Crippen LogP contribution is 2.32. The van der Waals surface area contributed by atoms with Gasteiger partial charge in [0, 0.05) is 44.2 Å². The van der Waals surface area contributed by atoms with Crippen LogP contribution in [0.4, 0.5) is 4.39 Å². The van der Waals surface area contributed by atoms with Gasteiger partial charge in [-0.15, -0.1) is 0 Å². The first-order valence-electron chi connectivity index (χ1n) is 10.1. The number of pyridine rings is 1. The number of para-hydroxylation sites is 1. The highest BCUT2D eigenvalue weighted by Gasteiger charge is 2.34. The lowest BCUT2D eigenvalue weighted by Crippen LogP contribution is -2.29. The third-order valence-corrected chi connectivity index (χ3v) is 7.58. The fraction of sp³-hybridized carbons (Fsp3) is 0.304. The smallest absolute Gasteiger partial charge is 0.254 e. The molecule has 2 aromatic carbocycles. The van der Waals surface area contributed by atoms with Crippen LogP contribution in [0.25, 0.3) is 10.9 Å². The number of amides is 1. The van der Waals surface area contributed by atoms with Crippen molar-refractivity contribution >= 4 is 26.8 Å². The van der Waals surface area contributed by atoms with Gasteiger partial charge in [0.15, 0.2) is 0 Å². The van der Waals surface area contributed by atoms with E-state index in [2.05, 4.69) is 0 Å². The number of hydrogen-bond donors (Lipinski definition) is 0. The summed E-state index contributed by atoms with van der Waals surface area (Å²) in [5, 5.41) is 0.766. The largest absolute Gasteiger partial charge is 0.345 e. The van der Waals surface area contributed by atoms with Gasteiger partial charge in [0.05, 0.1) is 16.0 Å². The average Bonchev–Trinajstić information content (AvgIpc) is 3.25. The van der Waals surface area contributed by atoms with Crippen molar-refractivity contribution in [3.63, 3.8) is 0 Å². The van der Waals surface area contributed by atoms with Gasteiger partial charge in [0.1, 0.15) is 5.82 Å². The Kier molecular flexibility index (Phi) is 5.53. The number of carbonyl (C=O) groups excluding carboxylic acids is 1. The number of carbonyl (C=O) groups is 1. The van der Waals surface area contributed by atoms with Crippen molar-refractivity contribution in [1.29, 1.82) is 0 Å². The number of fused-ring (bicyclic) bond motifs is 1. The maximum Gasteiger partial charge on any atom is 0.254 e. The molecule has 1 atom stereocenters. The standard InChI is InChI=1S/C23H24FN3O3S/c1-15-8-9-17(12-20(15)24)31(29,30)27-11-10-16(14-27)22-13-19(23(28)26(2)3)18-6-4-5-7-21(18)25-22/h4-9,12-13,16H,10-11,14H2,1-3H3. The lowest BCUT2D eigenvalue weighted by Gasteiger charge is -2.18. The summed E-state index contributed by atoms with van der Waals surface area (Å²) in [4.78, 5) is 18.9. The molecule has 0 saturated carbocycles. The molecule has 1 unspecified atom stereocenters. The van der Waals surface area contributed by atoms with Crippen LogP contribution < -0.4 is 0 Å². The van der Waals surface area contributed by atoms with Crippen LogP contribution in [0, 0.1) is 12.7 Å². The van der Waals surface area contributed by atoms with E-state index in [1.807, 2.05) is 24.3 Å². The molecule has 162 valence electrons. The van der Waals surface area contributed by atoms with Crippen molar-refractivity contribution in [1.82, 2.24) is 14.2 Å². The first-order chi connectivity index (χ1) is 14.7. The summed E-state index contributed by atoms with van der Waals surface area (Å²) in [5.41, 5.74) is 2.34. The molecule has 1 aliphatic heterocycles. The number of aryl methyl sites for hydroxylation is 1. The molecular weight excluding hydrogens is 417 g/mol. The van der Waals surface area contributed by atoms with E-state index in [1.165, 1.54) is 21.3 Å². The van der Waals surface area contributed by atoms with Crippen LogP contribution in [-0.4, -0.2) is 55.7 Å². The molecular formula is C23H24FN3O3S. The number of hydrogen-bond acceptors (Lipinski definition) is 4. The van der Waals surface area contributed by atoms with Crippen LogP contribution >= 0.6 is 0 Å². The second-order valence-electron chi connectivity index (χ2n) is 8.07. The molecule has 1 amide bonds. The highest BCUT2D eigenvalue weighted by atomic mass is 32.2. The Bertz CT molecular complexity index is 1270. The van der Waals surface area contributed by atoms with E-state index in [4.69, 9.17) is 4.98 Å². The number of aromatic nitrogens is 1. The Balaban J connectivity index is 1.67. The molecule has 8 heteroatoms. The van der Waals surface area contributed by atoms with Crippen molar-refractivity contribution in [2.45, 2.75) is 24.2 Å². The summed E-state index contributed by atoms with van der Waals surface area (Å²) < 4.78 is 41.4. The van der Waals surface area contributed by atoms with Gasteiger partial charge in [-0.3, -0.25) is 9.78 Å². The molecule has 0 bridgehead atoms. The highest BCUT2D eigenvalue weighted by molar-refractivity contribution is 7.89. The van der Waals surface area contributed by atoms with Gasteiger partial charge in [0.25, 0.3) is 5.91 Å². The topological polar surface area (TPSA) is 70.6 Å². The minimum absolute atomic E-state index is 0.0498. The van der Waals surface area contributed by atoms with Gasteiger partial charge in [0.2, 0.25) is 10.0 Å². The molecule has 1 fully saturated rings. The van der Waals surface area contributed by atoms with E-state index in [1.54, 1.807) is 27.1 Å². The molecule has 6 nitrogen and oxygen atoms in total. The molecule has 1 aromatic heterocycles. The Morgan fingerprint density at radius 3 is 2.61 bits per heavy atom. The third-order valence-electron chi connectivity index (χ3n) is 5.72. The fourth-order valence-corrected chi connectivity index (χ4v) is 5.41. The summed E-state index contributed by atoms with van der Waals surface area (Å²) in [6.45, 7) is 2.14. The van der Waals surface area contributed by atoms with Gasteiger partial charge in [-0.05, 0) is 43.2 Å². The molecule has 31 heavy (non-hydrogen) atoms. The Labute approximate surface area is 181 Å². The van der Waals surface area contributed by atoms with Gasteiger partial charge >= 0.3 is 0 Å². The zero-order valence-electron chi connectivity index (χ0n) is 17.7. The molecule has 0 spiro atoms. The molecule has 0 aliphatic carbocycles. The molecule has 2 heterocycles. The minimum atomic E-state index is -3.81. The first-order valence-corrected chi connectivity index (χ1v) is 11.5. The summed E-state index contributed by atoms with van der Waals surface area (Å²) in [7, 11) is -0.418. The third kappa shape index (κ3) is 3.93. The van der Waals surface area contributed by atoms with Gasteiger partial charge in [-0.1, -0.05) is 24.3 Å². The predicted molar refractivity (Wildman–Crippen MR) is 117 cm³/mol. The Morgan fingerprint density at radius 1 is 1.16 bits per heavy atom. The van der Waals surface area contributed by atoms with Crippen molar-refractivity contribution < 1.29 is 17.6 Å². The van der Waals surface area contributed by atoms with Crippen LogP contribution in [0.3, 0.4) is 0 Å². The summed E-state index contributed by atoms with van der Waals surface area (Å²) in [5.74, 6) is -0.819. The molecule has 1 saturated heterocycles. The zero-order chi connectivity index (χ0) is 22.3. The van der Waals surface area contributed by atoms with E-state index < -0.39 is 15.8 Å². The van der Waals surface area contributed by atoms with Gasteiger partial charge in [-0.2, -0.15) is 4.31 Å². The molecule has 1 aliphatic rings. The number of benzene rings is 2. The number of halogens is 1. The summed E-state index contributed by atoms with van der Waals surface area (Å²) >= 11 is 0. The Hall–Kier alpha value is -2.84. The van der Waals surface area contributed by atoms with Gasteiger partial charge < -0.3 is 4.90 Å². The lowest BCUT2D eigenvalue weighted by atomic mass is 9.99. The van der Waals surface area contributed by atoms with Crippen LogP contribution in [0.2, 0.25) is 0 Å². The van der Waals surface area contributed by atoms with Crippen molar-refractivity contribution in [2.24, 2.45) is 0 Å². The van der Waals surface area contributed by atoms with Crippen LogP contribution in [0.5, 0.6) is 0 Å². The lowest BCUT2D eigenvalue weighted by molar-refractivity contribution is 0.0829. The fourth-order valence-electron chi connectivity index (χ4n) is 3.89. The van der Waals surface area contributed by atoms with Crippen molar-refractivity contribution in [3.05, 3.63) is 71.2 Å². The molecule has 0 N–H and O–H groups in total. The monoisotopic (exact) mass is 441 g/mol. The first kappa shape index (κ1) is 21.4. The second kappa shape index (κ2) is 8.01. The summed E-state index contributed by atoms with van der Waals surface area (Å²) in [6.07, 6.45) is 0.578. The van der Waals surface area contributed by atoms with E-state index in [0.717, 1.165) is 11.5 Å².